The topological polar surface area (TPSA) is 233 Å². The summed E-state index contributed by atoms with van der Waals surface area (Å²) in [5, 5.41) is 57.1. The molecule has 16 nitrogen and oxygen atoms in total. The average Bonchev–Trinajstić information content (AvgIpc) is 2.49. The first kappa shape index (κ1) is 21.2. The maximum Gasteiger partial charge on any atom is 0.433 e. The van der Waals surface area contributed by atoms with Crippen LogP contribution in [0, 0.1) is 61.9 Å². The molecule has 1 aliphatic carbocycles. The summed E-state index contributed by atoms with van der Waals surface area (Å²) in [6.45, 7) is 3.26. The summed E-state index contributed by atoms with van der Waals surface area (Å²) in [7, 11) is 0. The molecule has 0 aromatic rings. The summed E-state index contributed by atoms with van der Waals surface area (Å²) in [5.41, 5.74) is -13.2. The van der Waals surface area contributed by atoms with Crippen LogP contribution in [-0.2, 0) is 4.79 Å². The second kappa shape index (κ2) is 6.46. The number of nitro groups is 5. The molecule has 16 heteroatoms. The van der Waals surface area contributed by atoms with Crippen LogP contribution >= 0.6 is 0 Å². The number of hydrogen-bond acceptors (Lipinski definition) is 11. The van der Waals surface area contributed by atoms with Gasteiger partial charge in [-0.2, -0.15) is 0 Å². The molecule has 2 unspecified atom stereocenters. The first-order chi connectivity index (χ1) is 12.2. The lowest BCUT2D eigenvalue weighted by molar-refractivity contribution is -0.608. The first-order valence-electron chi connectivity index (χ1n) is 6.76. The Hall–Kier alpha value is -3.85. The van der Waals surface area contributed by atoms with Crippen molar-refractivity contribution < 1.29 is 29.4 Å². The van der Waals surface area contributed by atoms with Crippen molar-refractivity contribution in [2.75, 3.05) is 0 Å². The Balaban J connectivity index is 4.48. The van der Waals surface area contributed by atoms with Crippen LogP contribution in [0.5, 0.6) is 0 Å². The Morgan fingerprint density at radius 3 is 1.48 bits per heavy atom. The molecule has 145 valence electrons. The molecular weight excluding hydrogens is 378 g/mol. The highest BCUT2D eigenvalue weighted by atomic mass is 16.7. The van der Waals surface area contributed by atoms with E-state index < -0.39 is 64.3 Å². The molecule has 1 radical (unpaired) electrons. The van der Waals surface area contributed by atoms with Crippen molar-refractivity contribution >= 4 is 6.29 Å². The summed E-state index contributed by atoms with van der Waals surface area (Å²) in [4.78, 5) is 60.5. The fourth-order valence-corrected chi connectivity index (χ4v) is 3.03. The van der Waals surface area contributed by atoms with Crippen LogP contribution in [-0.4, -0.2) is 36.4 Å². The lowest BCUT2D eigenvalue weighted by atomic mass is 9.63. The van der Waals surface area contributed by atoms with E-state index in [2.05, 4.69) is 0 Å². The molecule has 0 heterocycles. The highest BCUT2D eigenvalue weighted by Gasteiger charge is 2.78. The molecule has 0 N–H and O–H groups in total. The normalized spacial score (nSPS) is 23.0. The van der Waals surface area contributed by atoms with Crippen molar-refractivity contribution in [1.82, 2.24) is 0 Å². The van der Waals surface area contributed by atoms with Gasteiger partial charge < -0.3 is 0 Å². The predicted molar refractivity (Wildman–Crippen MR) is 80.4 cm³/mol. The van der Waals surface area contributed by atoms with Crippen molar-refractivity contribution in [3.63, 3.8) is 0 Å². The van der Waals surface area contributed by atoms with E-state index in [9.17, 15) is 55.4 Å². The minimum Gasteiger partial charge on any atom is -0.282 e. The van der Waals surface area contributed by atoms with Crippen molar-refractivity contribution in [1.29, 1.82) is 0 Å². The molecule has 0 aromatic heterocycles. The van der Waals surface area contributed by atoms with Gasteiger partial charge in [-0.05, 0) is 5.41 Å². The largest absolute Gasteiger partial charge is 0.433 e. The van der Waals surface area contributed by atoms with Gasteiger partial charge in [-0.25, -0.2) is 0 Å². The SMILES string of the molecule is CC(C)(C)C1C([N+](=O)[O-])=C([N+](=O)[O-])C([N+](=O)[O-])=C([N+](=O)[O-])C1([C]=O)[N+](=O)[O-]. The van der Waals surface area contributed by atoms with Crippen molar-refractivity contribution in [3.05, 3.63) is 73.4 Å². The lowest BCUT2D eigenvalue weighted by Gasteiger charge is -2.33. The molecule has 0 aromatic carbocycles. The number of rotatable bonds is 6. The van der Waals surface area contributed by atoms with Crippen LogP contribution in [0.15, 0.2) is 22.8 Å². The second-order valence-corrected chi connectivity index (χ2v) is 6.38. The minimum atomic E-state index is -3.72. The van der Waals surface area contributed by atoms with E-state index in [1.165, 1.54) is 0 Å². The third-order valence-corrected chi connectivity index (χ3v) is 3.80. The molecule has 0 saturated heterocycles. The van der Waals surface area contributed by atoms with Crippen LogP contribution in [0.2, 0.25) is 0 Å². The van der Waals surface area contributed by atoms with Gasteiger partial charge in [0.25, 0.3) is 6.29 Å². The standard InChI is InChI=1S/C11H10N5O11/c1-10(2,3)8-6(13(20)21)5(12(18)19)7(14(22)23)9(15(24)25)11(8,4-17)16(26)27/h8H,1-3H3. The van der Waals surface area contributed by atoms with Crippen molar-refractivity contribution in [2.45, 2.75) is 26.3 Å². The van der Waals surface area contributed by atoms with E-state index in [1.807, 2.05) is 0 Å². The monoisotopic (exact) mass is 388 g/mol. The number of nitrogens with zero attached hydrogens (tertiary/aromatic N) is 5. The molecule has 0 amide bonds. The molecule has 0 aliphatic heterocycles. The van der Waals surface area contributed by atoms with E-state index in [0.717, 1.165) is 27.1 Å². The van der Waals surface area contributed by atoms with Crippen LogP contribution in [0.25, 0.3) is 0 Å². The fourth-order valence-electron chi connectivity index (χ4n) is 3.03. The van der Waals surface area contributed by atoms with Gasteiger partial charge in [0.05, 0.1) is 19.7 Å². The van der Waals surface area contributed by atoms with Crippen LogP contribution in [0.3, 0.4) is 0 Å². The fraction of sp³-hybridized carbons (Fsp3) is 0.545. The molecule has 0 saturated carbocycles. The molecule has 0 bridgehead atoms. The summed E-state index contributed by atoms with van der Waals surface area (Å²) in [5.74, 6) is -2.41. The average molecular weight is 388 g/mol. The molecule has 1 rings (SSSR count). The van der Waals surface area contributed by atoms with Gasteiger partial charge in [-0.1, -0.05) is 20.8 Å². The maximum atomic E-state index is 11.7. The van der Waals surface area contributed by atoms with Gasteiger partial charge in [0.15, 0.2) is 5.92 Å². The highest BCUT2D eigenvalue weighted by Crippen LogP contribution is 2.50. The van der Waals surface area contributed by atoms with Gasteiger partial charge in [-0.15, -0.1) is 0 Å². The summed E-state index contributed by atoms with van der Waals surface area (Å²) in [6, 6.07) is 0. The van der Waals surface area contributed by atoms with E-state index >= 15 is 0 Å². The van der Waals surface area contributed by atoms with Crippen LogP contribution < -0.4 is 0 Å². The first-order valence-corrected chi connectivity index (χ1v) is 6.76. The Bertz CT molecular complexity index is 851. The van der Waals surface area contributed by atoms with Gasteiger partial charge in [0.1, 0.15) is 0 Å². The Labute approximate surface area is 147 Å². The lowest BCUT2D eigenvalue weighted by Crippen LogP contribution is -2.59. The second-order valence-electron chi connectivity index (χ2n) is 6.38. The summed E-state index contributed by atoms with van der Waals surface area (Å²) < 4.78 is 0. The zero-order valence-corrected chi connectivity index (χ0v) is 13.8. The van der Waals surface area contributed by atoms with Crippen LogP contribution in [0.4, 0.5) is 0 Å². The third kappa shape index (κ3) is 2.96. The zero-order valence-electron chi connectivity index (χ0n) is 13.8. The quantitative estimate of drug-likeness (QED) is 0.443. The summed E-state index contributed by atoms with van der Waals surface area (Å²) in [6.07, 6.45) is 0.720. The molecule has 0 fully saturated rings. The molecule has 0 spiro atoms. The third-order valence-electron chi connectivity index (χ3n) is 3.80. The zero-order chi connectivity index (χ0) is 21.5. The summed E-state index contributed by atoms with van der Waals surface area (Å²) >= 11 is 0. The highest BCUT2D eigenvalue weighted by molar-refractivity contribution is 5.72. The van der Waals surface area contributed by atoms with Gasteiger partial charge in [0.2, 0.25) is 0 Å². The van der Waals surface area contributed by atoms with Crippen LogP contribution in [0.1, 0.15) is 20.8 Å². The van der Waals surface area contributed by atoms with E-state index in [1.54, 1.807) is 0 Å². The van der Waals surface area contributed by atoms with Crippen molar-refractivity contribution in [2.24, 2.45) is 11.3 Å². The molecule has 2 atom stereocenters. The molecule has 1 aliphatic rings. The van der Waals surface area contributed by atoms with E-state index in [4.69, 9.17) is 0 Å². The number of hydrogen-bond donors (Lipinski definition) is 0. The Kier molecular flexibility index (Phi) is 5.07. The molecule has 27 heavy (non-hydrogen) atoms. The Morgan fingerprint density at radius 1 is 0.815 bits per heavy atom. The van der Waals surface area contributed by atoms with Gasteiger partial charge in [0, 0.05) is 4.92 Å². The minimum absolute atomic E-state index is 0.720. The van der Waals surface area contributed by atoms with Crippen molar-refractivity contribution in [3.8, 4) is 0 Å². The smallest absolute Gasteiger partial charge is 0.282 e. The maximum absolute atomic E-state index is 11.7. The Morgan fingerprint density at radius 2 is 1.26 bits per heavy atom. The number of carbonyl (C=O) groups excluding carboxylic acids is 1. The van der Waals surface area contributed by atoms with Gasteiger partial charge >= 0.3 is 28.3 Å². The van der Waals surface area contributed by atoms with E-state index in [0.29, 0.717) is 0 Å². The van der Waals surface area contributed by atoms with Gasteiger partial charge in [-0.3, -0.25) is 55.4 Å². The molecular formula is C11H10N5O11. The van der Waals surface area contributed by atoms with E-state index in [-0.39, 0.29) is 0 Å². The predicted octanol–water partition coefficient (Wildman–Crippen LogP) is 0.317.